The summed E-state index contributed by atoms with van der Waals surface area (Å²) in [7, 11) is 0. The number of para-hydroxylation sites is 2. The third kappa shape index (κ3) is 3.87. The summed E-state index contributed by atoms with van der Waals surface area (Å²) in [5.74, 6) is 1.29. The Balaban J connectivity index is 1.72. The number of aromatic nitrogens is 2. The predicted molar refractivity (Wildman–Crippen MR) is 107 cm³/mol. The Morgan fingerprint density at radius 3 is 1.69 bits per heavy atom. The fraction of sp³-hybridized carbons (Fsp3) is 0. The summed E-state index contributed by atoms with van der Waals surface area (Å²) in [6.45, 7) is 0. The van der Waals surface area contributed by atoms with Crippen molar-refractivity contribution in [3.63, 3.8) is 0 Å². The molecular formula is C22H18N4. The molecule has 4 heteroatoms. The van der Waals surface area contributed by atoms with Crippen molar-refractivity contribution in [2.75, 3.05) is 10.6 Å². The van der Waals surface area contributed by atoms with Gasteiger partial charge in [-0.05, 0) is 24.3 Å². The number of hydrogen-bond donors (Lipinski definition) is 2. The Hall–Kier alpha value is -3.66. The van der Waals surface area contributed by atoms with Crippen molar-refractivity contribution in [3.8, 4) is 11.3 Å². The van der Waals surface area contributed by atoms with Crippen molar-refractivity contribution in [2.24, 2.45) is 0 Å². The van der Waals surface area contributed by atoms with Crippen molar-refractivity contribution in [3.05, 3.63) is 97.1 Å². The number of anilines is 4. The zero-order valence-corrected chi connectivity index (χ0v) is 14.1. The summed E-state index contributed by atoms with van der Waals surface area (Å²) in [5.41, 5.74) is 3.83. The van der Waals surface area contributed by atoms with Crippen molar-refractivity contribution in [1.29, 1.82) is 0 Å². The van der Waals surface area contributed by atoms with Gasteiger partial charge in [-0.2, -0.15) is 4.98 Å². The molecule has 26 heavy (non-hydrogen) atoms. The van der Waals surface area contributed by atoms with Gasteiger partial charge >= 0.3 is 0 Å². The lowest BCUT2D eigenvalue weighted by molar-refractivity contribution is 1.17. The third-order valence-corrected chi connectivity index (χ3v) is 3.87. The van der Waals surface area contributed by atoms with Gasteiger partial charge in [-0.25, -0.2) is 4.98 Å². The summed E-state index contributed by atoms with van der Waals surface area (Å²) in [5, 5.41) is 6.63. The number of rotatable bonds is 5. The van der Waals surface area contributed by atoms with E-state index in [1.165, 1.54) is 0 Å². The van der Waals surface area contributed by atoms with Crippen LogP contribution in [0.25, 0.3) is 11.3 Å². The Morgan fingerprint density at radius 2 is 1.08 bits per heavy atom. The van der Waals surface area contributed by atoms with Crippen LogP contribution >= 0.6 is 0 Å². The van der Waals surface area contributed by atoms with E-state index in [9.17, 15) is 0 Å². The van der Waals surface area contributed by atoms with Crippen LogP contribution in [0.4, 0.5) is 23.1 Å². The van der Waals surface area contributed by atoms with Gasteiger partial charge in [0.15, 0.2) is 0 Å². The average molecular weight is 338 g/mol. The number of hydrogen-bond acceptors (Lipinski definition) is 4. The van der Waals surface area contributed by atoms with Gasteiger partial charge in [-0.3, -0.25) is 0 Å². The monoisotopic (exact) mass is 338 g/mol. The SMILES string of the molecule is c1ccc(Nc2cc(-c3ccccc3)nc(Nc3ccccc3)n2)cc1. The zero-order valence-electron chi connectivity index (χ0n) is 14.1. The first-order chi connectivity index (χ1) is 12.9. The molecule has 0 saturated carbocycles. The largest absolute Gasteiger partial charge is 0.340 e. The highest BCUT2D eigenvalue weighted by Crippen LogP contribution is 2.24. The average Bonchev–Trinajstić information content (AvgIpc) is 2.70. The third-order valence-electron chi connectivity index (χ3n) is 3.87. The first kappa shape index (κ1) is 15.8. The molecule has 0 bridgehead atoms. The van der Waals surface area contributed by atoms with Crippen LogP contribution in [0.2, 0.25) is 0 Å². The van der Waals surface area contributed by atoms with Crippen LogP contribution in [-0.2, 0) is 0 Å². The molecule has 4 nitrogen and oxygen atoms in total. The lowest BCUT2D eigenvalue weighted by atomic mass is 10.1. The Morgan fingerprint density at radius 1 is 0.538 bits per heavy atom. The molecule has 0 unspecified atom stereocenters. The summed E-state index contributed by atoms with van der Waals surface area (Å²) in [4.78, 5) is 9.29. The summed E-state index contributed by atoms with van der Waals surface area (Å²) in [6, 6.07) is 32.0. The molecular weight excluding hydrogens is 320 g/mol. The predicted octanol–water partition coefficient (Wildman–Crippen LogP) is 5.63. The summed E-state index contributed by atoms with van der Waals surface area (Å²) >= 11 is 0. The highest BCUT2D eigenvalue weighted by Gasteiger charge is 2.07. The van der Waals surface area contributed by atoms with E-state index in [4.69, 9.17) is 0 Å². The summed E-state index contributed by atoms with van der Waals surface area (Å²) < 4.78 is 0. The Kier molecular flexibility index (Phi) is 4.56. The van der Waals surface area contributed by atoms with Gasteiger partial charge in [-0.15, -0.1) is 0 Å². The van der Waals surface area contributed by atoms with Crippen LogP contribution in [0, 0.1) is 0 Å². The molecule has 126 valence electrons. The van der Waals surface area contributed by atoms with Crippen molar-refractivity contribution < 1.29 is 0 Å². The molecule has 0 fully saturated rings. The lowest BCUT2D eigenvalue weighted by Gasteiger charge is -2.11. The number of benzene rings is 3. The number of nitrogens with zero attached hydrogens (tertiary/aromatic N) is 2. The van der Waals surface area contributed by atoms with E-state index in [0.717, 1.165) is 28.5 Å². The molecule has 4 aromatic rings. The van der Waals surface area contributed by atoms with Crippen molar-refractivity contribution >= 4 is 23.1 Å². The molecule has 3 aromatic carbocycles. The minimum absolute atomic E-state index is 0.552. The van der Waals surface area contributed by atoms with Crippen LogP contribution in [0.5, 0.6) is 0 Å². The molecule has 0 spiro atoms. The van der Waals surface area contributed by atoms with E-state index in [2.05, 4.69) is 20.6 Å². The van der Waals surface area contributed by atoms with Gasteiger partial charge in [0.2, 0.25) is 5.95 Å². The second kappa shape index (κ2) is 7.49. The summed E-state index contributed by atoms with van der Waals surface area (Å²) in [6.07, 6.45) is 0. The smallest absolute Gasteiger partial charge is 0.229 e. The van der Waals surface area contributed by atoms with Crippen LogP contribution in [0.15, 0.2) is 97.1 Å². The van der Waals surface area contributed by atoms with Crippen molar-refractivity contribution in [1.82, 2.24) is 9.97 Å². The Labute approximate surface area is 152 Å². The highest BCUT2D eigenvalue weighted by molar-refractivity contribution is 5.68. The van der Waals surface area contributed by atoms with Gasteiger partial charge in [0.05, 0.1) is 5.69 Å². The molecule has 2 N–H and O–H groups in total. The molecule has 0 amide bonds. The Bertz CT molecular complexity index is 911. The highest BCUT2D eigenvalue weighted by atomic mass is 15.1. The second-order valence-corrected chi connectivity index (χ2v) is 5.81. The standard InChI is InChI=1S/C22H18N4/c1-4-10-17(11-5-1)20-16-21(23-18-12-6-2-7-13-18)26-22(25-20)24-19-14-8-3-9-15-19/h1-16H,(H2,23,24,25,26). The van der Waals surface area contributed by atoms with E-state index in [0.29, 0.717) is 5.95 Å². The number of nitrogens with one attached hydrogen (secondary N) is 2. The molecule has 0 saturated heterocycles. The molecule has 1 heterocycles. The van der Waals surface area contributed by atoms with Crippen LogP contribution in [-0.4, -0.2) is 9.97 Å². The minimum atomic E-state index is 0.552. The molecule has 4 rings (SSSR count). The maximum atomic E-state index is 4.68. The molecule has 0 aliphatic rings. The van der Waals surface area contributed by atoms with Gasteiger partial charge in [0, 0.05) is 23.0 Å². The van der Waals surface area contributed by atoms with E-state index in [1.54, 1.807) is 0 Å². The van der Waals surface area contributed by atoms with Gasteiger partial charge in [0.25, 0.3) is 0 Å². The second-order valence-electron chi connectivity index (χ2n) is 5.81. The normalized spacial score (nSPS) is 10.3. The maximum Gasteiger partial charge on any atom is 0.229 e. The van der Waals surface area contributed by atoms with E-state index in [1.807, 2.05) is 97.1 Å². The molecule has 0 atom stereocenters. The first-order valence-corrected chi connectivity index (χ1v) is 8.45. The molecule has 0 aliphatic heterocycles. The fourth-order valence-electron chi connectivity index (χ4n) is 2.64. The quantitative estimate of drug-likeness (QED) is 0.495. The zero-order chi connectivity index (χ0) is 17.6. The fourth-order valence-corrected chi connectivity index (χ4v) is 2.64. The van der Waals surface area contributed by atoms with Crippen LogP contribution < -0.4 is 10.6 Å². The van der Waals surface area contributed by atoms with E-state index in [-0.39, 0.29) is 0 Å². The van der Waals surface area contributed by atoms with Crippen LogP contribution in [0.1, 0.15) is 0 Å². The van der Waals surface area contributed by atoms with E-state index < -0.39 is 0 Å². The molecule has 1 aromatic heterocycles. The minimum Gasteiger partial charge on any atom is -0.340 e. The molecule has 0 radical (unpaired) electrons. The van der Waals surface area contributed by atoms with E-state index >= 15 is 0 Å². The topological polar surface area (TPSA) is 49.8 Å². The molecule has 0 aliphatic carbocycles. The first-order valence-electron chi connectivity index (χ1n) is 8.45. The van der Waals surface area contributed by atoms with Gasteiger partial charge in [-0.1, -0.05) is 66.7 Å². The van der Waals surface area contributed by atoms with Crippen molar-refractivity contribution in [2.45, 2.75) is 0 Å². The lowest BCUT2D eigenvalue weighted by Crippen LogP contribution is -2.02. The van der Waals surface area contributed by atoms with Gasteiger partial charge in [0.1, 0.15) is 5.82 Å². The van der Waals surface area contributed by atoms with Crippen LogP contribution in [0.3, 0.4) is 0 Å². The van der Waals surface area contributed by atoms with Gasteiger partial charge < -0.3 is 10.6 Å². The maximum absolute atomic E-state index is 4.68.